The lowest BCUT2D eigenvalue weighted by molar-refractivity contribution is 0.668. The van der Waals surface area contributed by atoms with Gasteiger partial charge in [-0.15, -0.1) is 0 Å². The van der Waals surface area contributed by atoms with Crippen LogP contribution in [0.25, 0.3) is 76.2 Å². The van der Waals surface area contributed by atoms with E-state index in [0.29, 0.717) is 11.8 Å². The Morgan fingerprint density at radius 1 is 0.372 bits per heavy atom. The first kappa shape index (κ1) is 49.4. The summed E-state index contributed by atoms with van der Waals surface area (Å²) in [4.78, 5) is 5.14. The topological polar surface area (TPSA) is 32.8 Å². The zero-order valence-corrected chi connectivity index (χ0v) is 50.1. The molecule has 7 heteroatoms. The largest absolute Gasteiger partial charge is 0.454 e. The van der Waals surface area contributed by atoms with Gasteiger partial charge in [-0.05, 0) is 136 Å². The second-order valence-electron chi connectivity index (χ2n) is 26.4. The number of furan rings is 2. The maximum atomic E-state index is 7.03. The van der Waals surface area contributed by atoms with Crippen LogP contribution in [0.5, 0.6) is 0 Å². The molecule has 2 saturated carbocycles. The van der Waals surface area contributed by atoms with E-state index in [1.165, 1.54) is 110 Å². The van der Waals surface area contributed by atoms with Gasteiger partial charge in [0.2, 0.25) is 0 Å². The fourth-order valence-electron chi connectivity index (χ4n) is 14.2. The Kier molecular flexibility index (Phi) is 11.6. The molecule has 0 N–H and O–H groups in total. The quantitative estimate of drug-likeness (QED) is 0.0955. The molecule has 0 amide bonds. The summed E-state index contributed by atoms with van der Waals surface area (Å²) in [5, 5.41) is 15.6. The SMILES string of the molecule is C[Si](C)(C)c1ccc(N(c2cc(C3CCCC3)c3ccc4c(N(c5ccc([Si](C)(C)C)cc5)c5cccc6c5oc5ccccc56)cc(C5CCC([Si](C)(C)C)C5)c5ccc2c3c54)c2cccc3c2oc2ccccc23)cc1. The highest BCUT2D eigenvalue weighted by Gasteiger charge is 2.37. The van der Waals surface area contributed by atoms with Gasteiger partial charge in [0.1, 0.15) is 11.2 Å². The van der Waals surface area contributed by atoms with Gasteiger partial charge in [-0.25, -0.2) is 0 Å². The van der Waals surface area contributed by atoms with E-state index in [9.17, 15) is 0 Å². The van der Waals surface area contributed by atoms with Gasteiger partial charge in [-0.2, -0.15) is 0 Å². The predicted octanol–water partition coefficient (Wildman–Crippen LogP) is 21.0. The first-order valence-electron chi connectivity index (χ1n) is 29.0. The lowest BCUT2D eigenvalue weighted by Gasteiger charge is -2.32. The van der Waals surface area contributed by atoms with E-state index in [1.54, 1.807) is 0 Å². The maximum absolute atomic E-state index is 7.03. The minimum absolute atomic E-state index is 0.448. The van der Waals surface area contributed by atoms with E-state index in [1.807, 2.05) is 0 Å². The summed E-state index contributed by atoms with van der Waals surface area (Å²) in [6, 6.07) is 65.1. The Morgan fingerprint density at radius 2 is 0.795 bits per heavy atom. The lowest BCUT2D eigenvalue weighted by Crippen LogP contribution is -2.37. The van der Waals surface area contributed by atoms with Crippen molar-refractivity contribution in [1.82, 2.24) is 0 Å². The van der Waals surface area contributed by atoms with Crippen LogP contribution in [0.4, 0.5) is 34.1 Å². The monoisotopic (exact) mass is 1070 g/mol. The smallest absolute Gasteiger partial charge is 0.159 e. The predicted molar refractivity (Wildman–Crippen MR) is 345 cm³/mol. The highest BCUT2D eigenvalue weighted by molar-refractivity contribution is 6.89. The Morgan fingerprint density at radius 3 is 1.23 bits per heavy atom. The normalized spacial score (nSPS) is 16.9. The number of para-hydroxylation sites is 4. The molecule has 2 aliphatic carbocycles. The molecule has 0 aliphatic heterocycles. The Bertz CT molecular complexity index is 4280. The molecule has 2 atom stereocenters. The van der Waals surface area contributed by atoms with E-state index < -0.39 is 24.2 Å². The molecule has 0 spiro atoms. The van der Waals surface area contributed by atoms with Crippen molar-refractivity contribution in [2.75, 3.05) is 9.80 Å². The molecule has 78 heavy (non-hydrogen) atoms. The fraction of sp³-hybridized carbons (Fsp3) is 0.268. The number of benzene rings is 10. The molecule has 12 aromatic rings. The van der Waals surface area contributed by atoms with Gasteiger partial charge >= 0.3 is 0 Å². The average molecular weight is 1070 g/mol. The molecular weight excluding hydrogens is 997 g/mol. The molecule has 4 nitrogen and oxygen atoms in total. The van der Waals surface area contributed by atoms with Crippen molar-refractivity contribution in [2.45, 2.75) is 121 Å². The number of hydrogen-bond acceptors (Lipinski definition) is 4. The van der Waals surface area contributed by atoms with Gasteiger partial charge in [-0.1, -0.05) is 198 Å². The summed E-state index contributed by atoms with van der Waals surface area (Å²) >= 11 is 0. The summed E-state index contributed by atoms with van der Waals surface area (Å²) in [5.41, 5.74) is 14.3. The van der Waals surface area contributed by atoms with E-state index in [2.05, 4.69) is 239 Å². The molecule has 2 aromatic heterocycles. The third kappa shape index (κ3) is 8.08. The van der Waals surface area contributed by atoms with Gasteiger partial charge in [0, 0.05) is 51.8 Å². The van der Waals surface area contributed by atoms with Crippen LogP contribution < -0.4 is 20.2 Å². The molecule has 14 rings (SSSR count). The Balaban J connectivity index is 1.11. The van der Waals surface area contributed by atoms with Gasteiger partial charge in [-0.3, -0.25) is 0 Å². The van der Waals surface area contributed by atoms with Crippen LogP contribution >= 0.6 is 0 Å². The van der Waals surface area contributed by atoms with Crippen molar-refractivity contribution in [3.8, 4) is 0 Å². The van der Waals surface area contributed by atoms with Crippen LogP contribution in [-0.2, 0) is 0 Å². The van der Waals surface area contributed by atoms with Gasteiger partial charge in [0.05, 0.1) is 38.9 Å². The van der Waals surface area contributed by atoms with Gasteiger partial charge in [0.25, 0.3) is 0 Å². The van der Waals surface area contributed by atoms with E-state index in [0.717, 1.165) is 72.2 Å². The van der Waals surface area contributed by atoms with Crippen LogP contribution in [-0.4, -0.2) is 24.2 Å². The highest BCUT2D eigenvalue weighted by Crippen LogP contribution is 2.56. The zero-order chi connectivity index (χ0) is 53.4. The van der Waals surface area contributed by atoms with Crippen LogP contribution in [0.15, 0.2) is 179 Å². The van der Waals surface area contributed by atoms with Gasteiger partial charge < -0.3 is 18.6 Å². The molecule has 0 saturated heterocycles. The third-order valence-corrected chi connectivity index (χ3v) is 25.6. The molecule has 2 heterocycles. The van der Waals surface area contributed by atoms with E-state index >= 15 is 0 Å². The first-order chi connectivity index (χ1) is 37.6. The molecule has 2 unspecified atom stereocenters. The van der Waals surface area contributed by atoms with Crippen LogP contribution in [0.3, 0.4) is 0 Å². The second kappa shape index (κ2) is 18.3. The zero-order valence-electron chi connectivity index (χ0n) is 47.1. The van der Waals surface area contributed by atoms with Gasteiger partial charge in [0.15, 0.2) is 11.2 Å². The summed E-state index contributed by atoms with van der Waals surface area (Å²) < 4.78 is 14.0. The van der Waals surface area contributed by atoms with Crippen molar-refractivity contribution >= 4 is 145 Å². The summed E-state index contributed by atoms with van der Waals surface area (Å²) in [7, 11) is -4.64. The van der Waals surface area contributed by atoms with Crippen molar-refractivity contribution in [1.29, 1.82) is 0 Å². The molecular formula is C71H72N2O2Si3. The van der Waals surface area contributed by atoms with Crippen LogP contribution in [0.2, 0.25) is 64.5 Å². The second-order valence-corrected chi connectivity index (χ2v) is 42.1. The molecule has 2 fully saturated rings. The minimum atomic E-state index is -1.61. The van der Waals surface area contributed by atoms with Crippen molar-refractivity contribution in [3.63, 3.8) is 0 Å². The number of anilines is 6. The molecule has 0 bridgehead atoms. The van der Waals surface area contributed by atoms with Crippen LogP contribution in [0.1, 0.15) is 67.9 Å². The van der Waals surface area contributed by atoms with Crippen molar-refractivity contribution in [3.05, 3.63) is 181 Å². The first-order valence-corrected chi connectivity index (χ1v) is 39.6. The van der Waals surface area contributed by atoms with E-state index in [-0.39, 0.29) is 0 Å². The minimum Gasteiger partial charge on any atom is -0.454 e. The molecule has 10 aromatic carbocycles. The standard InChI is InChI=1S/C71H72N2O2Si3/c1-76(2,3)49-34-29-47(30-35-49)72(62-24-16-22-56-52-20-12-14-26-66(52)74-70(56)62)64-43-60(45-18-10-11-19-45)54-38-40-59-65(44-61(46-28-33-51(42-46)78(7,8)9)55-39-41-58(64)68(54)69(55)59)73(48-31-36-50(37-32-48)77(4,5)6)63-25-17-23-57-53-21-13-15-27-67(53)75-71(57)63/h12-17,20-27,29-32,34-41,43-46,51H,10-11,18-19,28,33,42H2,1-9H3. The Hall–Kier alpha value is -6.91. The molecule has 2 aliphatic rings. The fourth-order valence-corrected chi connectivity index (χ4v) is 18.6. The summed E-state index contributed by atoms with van der Waals surface area (Å²) in [6.45, 7) is 22.5. The summed E-state index contributed by atoms with van der Waals surface area (Å²) in [6.07, 6.45) is 8.67. The number of rotatable bonds is 11. The highest BCUT2D eigenvalue weighted by atomic mass is 28.3. The molecule has 0 radical (unpaired) electrons. The van der Waals surface area contributed by atoms with E-state index in [4.69, 9.17) is 8.83 Å². The lowest BCUT2D eigenvalue weighted by atomic mass is 9.82. The number of fused-ring (bicyclic) bond motifs is 6. The van der Waals surface area contributed by atoms with Crippen molar-refractivity contribution in [2.24, 2.45) is 0 Å². The number of hydrogen-bond donors (Lipinski definition) is 0. The number of nitrogens with zero attached hydrogens (tertiary/aromatic N) is 2. The molecule has 390 valence electrons. The third-order valence-electron chi connectivity index (χ3n) is 18.5. The summed E-state index contributed by atoms with van der Waals surface area (Å²) in [5.74, 6) is 0.911. The Labute approximate surface area is 463 Å². The van der Waals surface area contributed by atoms with Crippen molar-refractivity contribution < 1.29 is 8.83 Å². The maximum Gasteiger partial charge on any atom is 0.159 e. The van der Waals surface area contributed by atoms with Crippen LogP contribution in [0, 0.1) is 0 Å². The average Bonchev–Trinajstić information content (AvgIpc) is 3.61.